The zero-order valence-electron chi connectivity index (χ0n) is 16.4. The monoisotopic (exact) mass is 409 g/mol. The van der Waals surface area contributed by atoms with Crippen molar-refractivity contribution in [1.29, 1.82) is 0 Å². The topological polar surface area (TPSA) is 101 Å². The van der Waals surface area contributed by atoms with Crippen LogP contribution >= 0.6 is 11.3 Å². The number of carbonyl (C=O) groups is 2. The van der Waals surface area contributed by atoms with Gasteiger partial charge in [-0.1, -0.05) is 30.3 Å². The van der Waals surface area contributed by atoms with Crippen molar-refractivity contribution < 1.29 is 9.59 Å². The number of nitrogen functional groups attached to an aromatic ring is 1. The Kier molecular flexibility index (Phi) is 5.19. The van der Waals surface area contributed by atoms with E-state index < -0.39 is 0 Å². The average Bonchev–Trinajstić information content (AvgIpc) is 3.30. The molecule has 1 unspecified atom stereocenters. The van der Waals surface area contributed by atoms with Gasteiger partial charge in [-0.2, -0.15) is 5.10 Å². The normalized spacial score (nSPS) is 16.3. The Morgan fingerprint density at radius 2 is 2.00 bits per heavy atom. The molecule has 29 heavy (non-hydrogen) atoms. The van der Waals surface area contributed by atoms with Crippen LogP contribution in [0.1, 0.15) is 32.9 Å². The lowest BCUT2D eigenvalue weighted by Gasteiger charge is -2.17. The zero-order valence-corrected chi connectivity index (χ0v) is 17.3. The van der Waals surface area contributed by atoms with E-state index in [1.54, 1.807) is 0 Å². The van der Waals surface area contributed by atoms with Crippen molar-refractivity contribution >= 4 is 39.1 Å². The smallest absolute Gasteiger partial charge is 0.263 e. The fraction of sp³-hybridized carbons (Fsp3) is 0.333. The Bertz CT molecular complexity index is 1080. The quantitative estimate of drug-likeness (QED) is 0.689. The van der Waals surface area contributed by atoms with E-state index in [2.05, 4.69) is 15.5 Å². The summed E-state index contributed by atoms with van der Waals surface area (Å²) >= 11 is 1.26. The first-order valence-electron chi connectivity index (χ1n) is 9.58. The van der Waals surface area contributed by atoms with Crippen LogP contribution < -0.4 is 11.1 Å². The predicted molar refractivity (Wildman–Crippen MR) is 114 cm³/mol. The number of fused-ring (bicyclic) bond motifs is 1. The molecular formula is C21H23N5O2S. The van der Waals surface area contributed by atoms with Crippen molar-refractivity contribution in [1.82, 2.24) is 20.4 Å². The summed E-state index contributed by atoms with van der Waals surface area (Å²) in [5.41, 5.74) is 9.46. The summed E-state index contributed by atoms with van der Waals surface area (Å²) in [6.07, 6.45) is 1.11. The number of nitrogens with two attached hydrogens (primary N) is 1. The molecule has 1 atom stereocenters. The molecule has 0 aliphatic carbocycles. The highest BCUT2D eigenvalue weighted by Gasteiger charge is 2.29. The van der Waals surface area contributed by atoms with Crippen LogP contribution in [0.4, 0.5) is 5.69 Å². The number of benzene rings is 1. The first-order chi connectivity index (χ1) is 13.9. The summed E-state index contributed by atoms with van der Waals surface area (Å²) in [4.78, 5) is 28.3. The van der Waals surface area contributed by atoms with Gasteiger partial charge in [0.05, 0.1) is 17.8 Å². The molecule has 0 radical (unpaired) electrons. The minimum atomic E-state index is -0.218. The SMILES string of the molecule is Cc1nnc2sc(C(=O)NC3CCN(C(=O)Cc4ccccc4)C3)c(N)c2c1C. The maximum absolute atomic E-state index is 12.8. The van der Waals surface area contributed by atoms with Crippen molar-refractivity contribution in [3.63, 3.8) is 0 Å². The van der Waals surface area contributed by atoms with Crippen LogP contribution in [0.3, 0.4) is 0 Å². The molecule has 1 saturated heterocycles. The molecule has 1 aliphatic rings. The molecule has 1 aromatic carbocycles. The molecule has 3 N–H and O–H groups in total. The number of nitrogens with zero attached hydrogens (tertiary/aromatic N) is 3. The van der Waals surface area contributed by atoms with Crippen LogP contribution in [-0.2, 0) is 11.2 Å². The molecule has 7 nitrogen and oxygen atoms in total. The largest absolute Gasteiger partial charge is 0.397 e. The van der Waals surface area contributed by atoms with Gasteiger partial charge < -0.3 is 16.0 Å². The molecule has 8 heteroatoms. The van der Waals surface area contributed by atoms with Gasteiger partial charge in [-0.15, -0.1) is 16.4 Å². The lowest BCUT2D eigenvalue weighted by atomic mass is 10.1. The van der Waals surface area contributed by atoms with Crippen molar-refractivity contribution in [3.05, 3.63) is 52.0 Å². The maximum atomic E-state index is 12.8. The number of likely N-dealkylation sites (tertiary alicyclic amines) is 1. The minimum absolute atomic E-state index is 0.0794. The summed E-state index contributed by atoms with van der Waals surface area (Å²) in [5.74, 6) is -0.138. The Labute approximate surface area is 172 Å². The first-order valence-corrected chi connectivity index (χ1v) is 10.4. The van der Waals surface area contributed by atoms with Gasteiger partial charge in [0.25, 0.3) is 5.91 Å². The van der Waals surface area contributed by atoms with Crippen molar-refractivity contribution in [2.24, 2.45) is 0 Å². The van der Waals surface area contributed by atoms with E-state index >= 15 is 0 Å². The van der Waals surface area contributed by atoms with Crippen LogP contribution in [0.5, 0.6) is 0 Å². The number of amides is 2. The molecule has 2 amide bonds. The standard InChI is InChI=1S/C21H23N5O2S/c1-12-13(2)24-25-21-17(12)18(22)19(29-21)20(28)23-15-8-9-26(11-15)16(27)10-14-6-4-3-5-7-14/h3-7,15H,8-11,22H2,1-2H3,(H,23,28). The van der Waals surface area contributed by atoms with Crippen LogP contribution in [0.15, 0.2) is 30.3 Å². The summed E-state index contributed by atoms with van der Waals surface area (Å²) in [5, 5.41) is 12.1. The molecule has 150 valence electrons. The second-order valence-corrected chi connectivity index (χ2v) is 8.40. The van der Waals surface area contributed by atoms with E-state index in [1.807, 2.05) is 49.1 Å². The van der Waals surface area contributed by atoms with Crippen molar-refractivity contribution in [2.75, 3.05) is 18.8 Å². The van der Waals surface area contributed by atoms with Crippen LogP contribution in [0.25, 0.3) is 10.2 Å². The summed E-state index contributed by atoms with van der Waals surface area (Å²) < 4.78 is 0. The van der Waals surface area contributed by atoms with Gasteiger partial charge in [-0.25, -0.2) is 0 Å². The second kappa shape index (κ2) is 7.79. The third-order valence-electron chi connectivity index (χ3n) is 5.42. The lowest BCUT2D eigenvalue weighted by Crippen LogP contribution is -2.38. The number of nitrogens with one attached hydrogen (secondary N) is 1. The molecule has 0 saturated carbocycles. The third kappa shape index (κ3) is 3.80. The van der Waals surface area contributed by atoms with Gasteiger partial charge in [-0.05, 0) is 31.4 Å². The Morgan fingerprint density at radius 3 is 2.76 bits per heavy atom. The Hall–Kier alpha value is -3.00. The fourth-order valence-electron chi connectivity index (χ4n) is 3.65. The average molecular weight is 410 g/mol. The van der Waals surface area contributed by atoms with Crippen LogP contribution in [-0.4, -0.2) is 46.0 Å². The molecule has 3 heterocycles. The number of rotatable bonds is 4. The number of hydrogen-bond donors (Lipinski definition) is 2. The highest BCUT2D eigenvalue weighted by atomic mass is 32.1. The van der Waals surface area contributed by atoms with E-state index in [-0.39, 0.29) is 17.9 Å². The maximum Gasteiger partial charge on any atom is 0.263 e. The number of hydrogen-bond acceptors (Lipinski definition) is 6. The second-order valence-electron chi connectivity index (χ2n) is 7.40. The molecule has 0 spiro atoms. The van der Waals surface area contributed by atoms with Crippen molar-refractivity contribution in [3.8, 4) is 0 Å². The molecule has 4 rings (SSSR count). The van der Waals surface area contributed by atoms with Gasteiger partial charge in [-0.3, -0.25) is 9.59 Å². The molecule has 0 bridgehead atoms. The molecular weight excluding hydrogens is 386 g/mol. The van der Waals surface area contributed by atoms with E-state index in [1.165, 1.54) is 11.3 Å². The number of aryl methyl sites for hydroxylation is 2. The third-order valence-corrected chi connectivity index (χ3v) is 6.50. The Morgan fingerprint density at radius 1 is 1.24 bits per heavy atom. The molecule has 3 aromatic rings. The van der Waals surface area contributed by atoms with E-state index in [9.17, 15) is 9.59 Å². The van der Waals surface area contributed by atoms with E-state index in [4.69, 9.17) is 5.73 Å². The fourth-order valence-corrected chi connectivity index (χ4v) is 4.65. The van der Waals surface area contributed by atoms with Gasteiger partial charge in [0.15, 0.2) is 0 Å². The molecule has 2 aromatic heterocycles. The summed E-state index contributed by atoms with van der Waals surface area (Å²) in [6.45, 7) is 4.96. The van der Waals surface area contributed by atoms with Gasteiger partial charge >= 0.3 is 0 Å². The van der Waals surface area contributed by atoms with Gasteiger partial charge in [0.2, 0.25) is 5.91 Å². The van der Waals surface area contributed by atoms with Crippen LogP contribution in [0, 0.1) is 13.8 Å². The summed E-state index contributed by atoms with van der Waals surface area (Å²) in [7, 11) is 0. The highest BCUT2D eigenvalue weighted by molar-refractivity contribution is 7.21. The van der Waals surface area contributed by atoms with E-state index in [0.29, 0.717) is 34.9 Å². The van der Waals surface area contributed by atoms with E-state index in [0.717, 1.165) is 28.6 Å². The predicted octanol–water partition coefficient (Wildman–Crippen LogP) is 2.46. The molecule has 1 aliphatic heterocycles. The highest BCUT2D eigenvalue weighted by Crippen LogP contribution is 2.34. The van der Waals surface area contributed by atoms with Gasteiger partial charge in [0.1, 0.15) is 9.71 Å². The number of anilines is 1. The summed E-state index contributed by atoms with van der Waals surface area (Å²) in [6, 6.07) is 9.61. The number of carbonyl (C=O) groups excluding carboxylic acids is 2. The van der Waals surface area contributed by atoms with Gasteiger partial charge in [0, 0.05) is 24.5 Å². The first kappa shape index (κ1) is 19.3. The lowest BCUT2D eigenvalue weighted by molar-refractivity contribution is -0.129. The van der Waals surface area contributed by atoms with Crippen molar-refractivity contribution in [2.45, 2.75) is 32.7 Å². The number of aromatic nitrogens is 2. The van der Waals surface area contributed by atoms with Crippen LogP contribution in [0.2, 0.25) is 0 Å². The zero-order chi connectivity index (χ0) is 20.5. The Balaban J connectivity index is 1.42. The number of thiophene rings is 1. The molecule has 1 fully saturated rings. The minimum Gasteiger partial charge on any atom is -0.397 e.